The van der Waals surface area contributed by atoms with E-state index in [1.54, 1.807) is 0 Å². The summed E-state index contributed by atoms with van der Waals surface area (Å²) in [6.45, 7) is 6.59. The van der Waals surface area contributed by atoms with Crippen LogP contribution < -0.4 is 0 Å². The molecule has 0 heterocycles. The van der Waals surface area contributed by atoms with Gasteiger partial charge in [0.1, 0.15) is 0 Å². The van der Waals surface area contributed by atoms with Gasteiger partial charge in [0, 0.05) is 14.5 Å². The molecule has 4 heteroatoms. The van der Waals surface area contributed by atoms with Crippen LogP contribution in [0.4, 0.5) is 0 Å². The second-order valence-corrected chi connectivity index (χ2v) is 11.8. The lowest BCUT2D eigenvalue weighted by molar-refractivity contribution is -0.155. The number of carbonyl (C=O) groups is 1. The molecule has 3 nitrogen and oxygen atoms in total. The number of carbonyl (C=O) groups excluding carboxylic acids is 1. The van der Waals surface area contributed by atoms with Crippen molar-refractivity contribution in [3.8, 4) is 0 Å². The zero-order valence-corrected chi connectivity index (χ0v) is 18.0. The molecule has 0 atom stereocenters. The highest BCUT2D eigenvalue weighted by atomic mass is 32.3. The SMILES string of the molecule is CC(C)(C)S(OCOC(=O)C1CCCCC1)(c1ccccc1)c1ccccc1. The molecular formula is C24H32O3S. The van der Waals surface area contributed by atoms with E-state index < -0.39 is 10.3 Å². The fraction of sp³-hybridized carbons (Fsp3) is 0.458. The first-order chi connectivity index (χ1) is 13.4. The molecule has 0 radical (unpaired) electrons. The Bertz CT molecular complexity index is 707. The second-order valence-electron chi connectivity index (χ2n) is 8.33. The maximum absolute atomic E-state index is 12.5. The highest BCUT2D eigenvalue weighted by Crippen LogP contribution is 2.71. The van der Waals surface area contributed by atoms with Gasteiger partial charge in [0.15, 0.2) is 0 Å². The van der Waals surface area contributed by atoms with E-state index in [0.717, 1.165) is 35.5 Å². The van der Waals surface area contributed by atoms with Crippen LogP contribution in [0.2, 0.25) is 0 Å². The van der Waals surface area contributed by atoms with Crippen molar-refractivity contribution < 1.29 is 13.7 Å². The molecule has 0 aliphatic heterocycles. The maximum Gasteiger partial charge on any atom is 0.311 e. The molecule has 1 aliphatic rings. The van der Waals surface area contributed by atoms with Gasteiger partial charge >= 0.3 is 5.97 Å². The lowest BCUT2D eigenvalue weighted by Gasteiger charge is -2.49. The van der Waals surface area contributed by atoms with Crippen LogP contribution in [0.5, 0.6) is 0 Å². The summed E-state index contributed by atoms with van der Waals surface area (Å²) in [5.74, 6) is -0.0760. The lowest BCUT2D eigenvalue weighted by Crippen LogP contribution is -2.29. The quantitative estimate of drug-likeness (QED) is 0.399. The predicted octanol–water partition coefficient (Wildman–Crippen LogP) is 6.72. The van der Waals surface area contributed by atoms with Crippen molar-refractivity contribution in [2.75, 3.05) is 6.79 Å². The van der Waals surface area contributed by atoms with E-state index >= 15 is 0 Å². The largest absolute Gasteiger partial charge is 0.437 e. The molecule has 2 aromatic carbocycles. The number of rotatable bonds is 6. The number of benzene rings is 2. The molecule has 1 aliphatic carbocycles. The summed E-state index contributed by atoms with van der Waals surface area (Å²) in [6.07, 6.45) is 5.33. The monoisotopic (exact) mass is 400 g/mol. The van der Waals surface area contributed by atoms with Gasteiger partial charge in [0.05, 0.1) is 5.92 Å². The molecule has 2 aromatic rings. The van der Waals surface area contributed by atoms with E-state index in [9.17, 15) is 4.79 Å². The minimum atomic E-state index is -1.87. The summed E-state index contributed by atoms with van der Waals surface area (Å²) in [5.41, 5.74) is 0. The van der Waals surface area contributed by atoms with Crippen LogP contribution in [0.15, 0.2) is 70.5 Å². The third kappa shape index (κ3) is 4.44. The molecule has 0 aromatic heterocycles. The zero-order valence-electron chi connectivity index (χ0n) is 17.2. The van der Waals surface area contributed by atoms with Crippen LogP contribution in [-0.4, -0.2) is 17.5 Å². The van der Waals surface area contributed by atoms with E-state index in [2.05, 4.69) is 45.0 Å². The van der Waals surface area contributed by atoms with E-state index in [4.69, 9.17) is 8.92 Å². The van der Waals surface area contributed by atoms with Gasteiger partial charge in [-0.1, -0.05) is 66.0 Å². The van der Waals surface area contributed by atoms with Gasteiger partial charge < -0.3 is 4.74 Å². The summed E-state index contributed by atoms with van der Waals surface area (Å²) >= 11 is 0. The molecule has 0 unspecified atom stereocenters. The fourth-order valence-electron chi connectivity index (χ4n) is 3.99. The smallest absolute Gasteiger partial charge is 0.311 e. The first-order valence-electron chi connectivity index (χ1n) is 10.2. The standard InChI is InChI=1S/C24H32O3S/c1-24(2,3)28(21-15-9-5-10-16-21,22-17-11-6-12-18-22)27-19-26-23(25)20-13-7-4-8-14-20/h5-6,9-12,15-18,20H,4,7-8,13-14,19H2,1-3H3. The van der Waals surface area contributed by atoms with E-state index in [1.165, 1.54) is 6.42 Å². The Morgan fingerprint density at radius 2 is 1.39 bits per heavy atom. The number of hydrogen-bond acceptors (Lipinski definition) is 3. The van der Waals surface area contributed by atoms with Gasteiger partial charge in [-0.3, -0.25) is 8.98 Å². The Morgan fingerprint density at radius 1 is 0.893 bits per heavy atom. The molecule has 3 rings (SSSR count). The molecule has 28 heavy (non-hydrogen) atoms. The Morgan fingerprint density at radius 3 is 1.86 bits per heavy atom. The molecule has 0 N–H and O–H groups in total. The number of ether oxygens (including phenoxy) is 1. The van der Waals surface area contributed by atoms with Crippen LogP contribution >= 0.6 is 10.3 Å². The third-order valence-corrected chi connectivity index (χ3v) is 9.42. The van der Waals surface area contributed by atoms with Crippen molar-refractivity contribution >= 4 is 16.3 Å². The summed E-state index contributed by atoms with van der Waals surface area (Å²) in [6, 6.07) is 20.7. The molecule has 152 valence electrons. The van der Waals surface area contributed by atoms with Gasteiger partial charge in [-0.15, -0.1) is 0 Å². The lowest BCUT2D eigenvalue weighted by atomic mass is 9.89. The van der Waals surface area contributed by atoms with Gasteiger partial charge in [-0.2, -0.15) is 0 Å². The van der Waals surface area contributed by atoms with Gasteiger partial charge in [-0.25, -0.2) is 0 Å². The van der Waals surface area contributed by atoms with Crippen LogP contribution in [0, 0.1) is 5.92 Å². The van der Waals surface area contributed by atoms with Crippen molar-refractivity contribution in [2.24, 2.45) is 5.92 Å². The predicted molar refractivity (Wildman–Crippen MR) is 115 cm³/mol. The van der Waals surface area contributed by atoms with E-state index in [-0.39, 0.29) is 23.4 Å². The summed E-state index contributed by atoms with van der Waals surface area (Å²) in [5, 5.41) is 0. The molecule has 0 amide bonds. The molecule has 0 spiro atoms. The normalized spacial score (nSPS) is 16.5. The molecule has 0 bridgehead atoms. The zero-order chi connectivity index (χ0) is 20.0. The maximum atomic E-state index is 12.5. The Hall–Kier alpha value is -1.78. The minimum Gasteiger partial charge on any atom is -0.437 e. The highest BCUT2D eigenvalue weighted by molar-refractivity contribution is 8.31. The molecule has 1 fully saturated rings. The van der Waals surface area contributed by atoms with E-state index in [0.29, 0.717) is 0 Å². The Labute approximate surface area is 171 Å². The van der Waals surface area contributed by atoms with Crippen molar-refractivity contribution in [3.05, 3.63) is 60.7 Å². The van der Waals surface area contributed by atoms with Gasteiger partial charge in [-0.05, 0) is 57.9 Å². The minimum absolute atomic E-state index is 0.00821. The summed E-state index contributed by atoms with van der Waals surface area (Å²) < 4.78 is 12.0. The summed E-state index contributed by atoms with van der Waals surface area (Å²) in [4.78, 5) is 14.8. The number of hydrogen-bond donors (Lipinski definition) is 0. The van der Waals surface area contributed by atoms with Gasteiger partial charge in [0.2, 0.25) is 6.79 Å². The average molecular weight is 401 g/mol. The topological polar surface area (TPSA) is 35.5 Å². The van der Waals surface area contributed by atoms with Crippen LogP contribution in [-0.2, 0) is 13.7 Å². The first-order valence-corrected chi connectivity index (χ1v) is 11.7. The average Bonchev–Trinajstić information content (AvgIpc) is 2.72. The van der Waals surface area contributed by atoms with Crippen LogP contribution in [0.25, 0.3) is 0 Å². The Kier molecular flexibility index (Phi) is 6.84. The number of esters is 1. The molecule has 0 saturated heterocycles. The fourth-order valence-corrected chi connectivity index (χ4v) is 7.58. The van der Waals surface area contributed by atoms with E-state index in [1.807, 2.05) is 36.4 Å². The second kappa shape index (κ2) is 9.15. The first kappa shape index (κ1) is 20.9. The van der Waals surface area contributed by atoms with Crippen molar-refractivity contribution in [3.63, 3.8) is 0 Å². The highest BCUT2D eigenvalue weighted by Gasteiger charge is 2.42. The third-order valence-electron chi connectivity index (χ3n) is 5.38. The Balaban J connectivity index is 1.87. The van der Waals surface area contributed by atoms with Crippen molar-refractivity contribution in [2.45, 2.75) is 67.4 Å². The molecular weight excluding hydrogens is 368 g/mol. The molecule has 1 saturated carbocycles. The van der Waals surface area contributed by atoms with Crippen LogP contribution in [0.3, 0.4) is 0 Å². The van der Waals surface area contributed by atoms with Gasteiger partial charge in [0.25, 0.3) is 0 Å². The van der Waals surface area contributed by atoms with Crippen molar-refractivity contribution in [1.82, 2.24) is 0 Å². The van der Waals surface area contributed by atoms with Crippen LogP contribution in [0.1, 0.15) is 52.9 Å². The van der Waals surface area contributed by atoms with Crippen molar-refractivity contribution in [1.29, 1.82) is 0 Å². The summed E-state index contributed by atoms with van der Waals surface area (Å²) in [7, 11) is -1.87.